The predicted molar refractivity (Wildman–Crippen MR) is 118 cm³/mol. The van der Waals surface area contributed by atoms with Gasteiger partial charge in [0.25, 0.3) is 0 Å². The summed E-state index contributed by atoms with van der Waals surface area (Å²) in [6, 6.07) is 9.72. The number of benzene rings is 2. The molecule has 0 amide bonds. The van der Waals surface area contributed by atoms with Crippen molar-refractivity contribution >= 4 is 23.1 Å². The minimum atomic E-state index is -0.176. The topological polar surface area (TPSA) is 86.7 Å². The number of ether oxygens (including phenoxy) is 2. The third-order valence-corrected chi connectivity index (χ3v) is 4.81. The Morgan fingerprint density at radius 1 is 0.677 bits per heavy atom. The maximum absolute atomic E-state index is 11.9. The first-order valence-electron chi connectivity index (χ1n) is 10.4. The van der Waals surface area contributed by atoms with Crippen molar-refractivity contribution in [1.29, 1.82) is 0 Å². The number of Topliss-reactive ketones (excluding diaryl/α,β-unsaturated/α-hetero) is 4. The van der Waals surface area contributed by atoms with E-state index in [9.17, 15) is 19.2 Å². The highest BCUT2D eigenvalue weighted by Gasteiger charge is 2.14. The Kier molecular flexibility index (Phi) is 8.67. The minimum Gasteiger partial charge on any atom is -0.493 e. The fraction of sp³-hybridized carbons (Fsp3) is 0.360. The summed E-state index contributed by atoms with van der Waals surface area (Å²) in [5.41, 5.74) is 1.72. The van der Waals surface area contributed by atoms with E-state index in [1.54, 1.807) is 50.2 Å². The summed E-state index contributed by atoms with van der Waals surface area (Å²) in [5, 5.41) is 0. The Morgan fingerprint density at radius 2 is 1.06 bits per heavy atom. The number of carbonyl (C=O) groups excluding carboxylic acids is 4. The molecule has 31 heavy (non-hydrogen) atoms. The van der Waals surface area contributed by atoms with Gasteiger partial charge in [-0.3, -0.25) is 19.2 Å². The van der Waals surface area contributed by atoms with Crippen LogP contribution in [0.5, 0.6) is 11.5 Å². The molecule has 0 aliphatic carbocycles. The van der Waals surface area contributed by atoms with Crippen LogP contribution in [0.4, 0.5) is 0 Å². The fourth-order valence-electron chi connectivity index (χ4n) is 3.04. The average molecular weight is 424 g/mol. The van der Waals surface area contributed by atoms with Crippen LogP contribution in [0.2, 0.25) is 0 Å². The van der Waals surface area contributed by atoms with E-state index in [4.69, 9.17) is 9.47 Å². The summed E-state index contributed by atoms with van der Waals surface area (Å²) in [6.45, 7) is 7.00. The molecule has 164 valence electrons. The molecule has 2 aromatic carbocycles. The average Bonchev–Trinajstić information content (AvgIpc) is 2.77. The monoisotopic (exact) mass is 424 g/mol. The minimum absolute atomic E-state index is 0.0321. The molecule has 0 heterocycles. The molecule has 0 fully saturated rings. The van der Waals surface area contributed by atoms with Gasteiger partial charge in [0.1, 0.15) is 11.5 Å². The van der Waals surface area contributed by atoms with Gasteiger partial charge in [0.05, 0.1) is 24.3 Å². The molecule has 6 heteroatoms. The van der Waals surface area contributed by atoms with Gasteiger partial charge in [0.2, 0.25) is 0 Å². The summed E-state index contributed by atoms with van der Waals surface area (Å²) >= 11 is 0. The molecule has 0 N–H and O–H groups in total. The van der Waals surface area contributed by atoms with Crippen LogP contribution in [0.1, 0.15) is 88.4 Å². The standard InChI is InChI=1S/C25H28O6/c1-5-22(28)18-8-10-24(20(14-18)16(3)26)30-12-7-13-31-25-11-9-19(23(29)6-2)15-21(25)17(4)27/h8-11,14-15H,5-7,12-13H2,1-4H3. The number of hydrogen-bond donors (Lipinski definition) is 0. The van der Waals surface area contributed by atoms with Crippen molar-refractivity contribution in [1.82, 2.24) is 0 Å². The maximum Gasteiger partial charge on any atom is 0.163 e. The van der Waals surface area contributed by atoms with E-state index in [-0.39, 0.29) is 23.1 Å². The van der Waals surface area contributed by atoms with Crippen molar-refractivity contribution in [2.45, 2.75) is 47.0 Å². The lowest BCUT2D eigenvalue weighted by molar-refractivity contribution is 0.0978. The molecule has 0 aliphatic heterocycles. The van der Waals surface area contributed by atoms with E-state index in [1.807, 2.05) is 0 Å². The predicted octanol–water partition coefficient (Wildman–Crippen LogP) is 5.13. The van der Waals surface area contributed by atoms with Crippen molar-refractivity contribution in [3.05, 3.63) is 58.7 Å². The van der Waals surface area contributed by atoms with Gasteiger partial charge in [0.15, 0.2) is 23.1 Å². The van der Waals surface area contributed by atoms with Crippen LogP contribution in [0.25, 0.3) is 0 Å². The van der Waals surface area contributed by atoms with Crippen LogP contribution in [0.15, 0.2) is 36.4 Å². The summed E-state index contributed by atoms with van der Waals surface area (Å²) < 4.78 is 11.4. The van der Waals surface area contributed by atoms with Crippen molar-refractivity contribution in [2.24, 2.45) is 0 Å². The second kappa shape index (κ2) is 11.2. The van der Waals surface area contributed by atoms with Gasteiger partial charge in [-0.1, -0.05) is 13.8 Å². The highest BCUT2D eigenvalue weighted by Crippen LogP contribution is 2.23. The summed E-state index contributed by atoms with van der Waals surface area (Å²) in [4.78, 5) is 47.6. The Hall–Kier alpha value is -3.28. The molecule has 2 rings (SSSR count). The first kappa shape index (κ1) is 24.0. The molecule has 0 aromatic heterocycles. The Labute approximate surface area is 182 Å². The third kappa shape index (κ3) is 6.35. The largest absolute Gasteiger partial charge is 0.493 e. The highest BCUT2D eigenvalue weighted by atomic mass is 16.5. The Bertz CT molecular complexity index is 910. The van der Waals surface area contributed by atoms with E-state index in [2.05, 4.69) is 0 Å². The van der Waals surface area contributed by atoms with Gasteiger partial charge >= 0.3 is 0 Å². The van der Waals surface area contributed by atoms with Crippen LogP contribution in [-0.2, 0) is 0 Å². The molecule has 0 saturated heterocycles. The van der Waals surface area contributed by atoms with E-state index in [0.717, 1.165) is 0 Å². The SMILES string of the molecule is CCC(=O)c1ccc(OCCCOc2ccc(C(=O)CC)cc2C(C)=O)c(C(C)=O)c1. The molecule has 6 nitrogen and oxygen atoms in total. The van der Waals surface area contributed by atoms with Crippen LogP contribution in [0.3, 0.4) is 0 Å². The van der Waals surface area contributed by atoms with Crippen molar-refractivity contribution in [3.8, 4) is 11.5 Å². The maximum atomic E-state index is 11.9. The third-order valence-electron chi connectivity index (χ3n) is 4.81. The molecule has 0 atom stereocenters. The molecule has 0 saturated carbocycles. The second-order valence-electron chi connectivity index (χ2n) is 7.14. The number of hydrogen-bond acceptors (Lipinski definition) is 6. The number of rotatable bonds is 12. The van der Waals surface area contributed by atoms with Crippen molar-refractivity contribution in [2.75, 3.05) is 13.2 Å². The smallest absolute Gasteiger partial charge is 0.163 e. The lowest BCUT2D eigenvalue weighted by Crippen LogP contribution is -2.10. The van der Waals surface area contributed by atoms with Crippen molar-refractivity contribution in [3.63, 3.8) is 0 Å². The van der Waals surface area contributed by atoms with E-state index in [1.165, 1.54) is 13.8 Å². The van der Waals surface area contributed by atoms with Crippen LogP contribution in [-0.4, -0.2) is 36.3 Å². The van der Waals surface area contributed by atoms with Gasteiger partial charge in [-0.05, 0) is 50.2 Å². The van der Waals surface area contributed by atoms with Gasteiger partial charge < -0.3 is 9.47 Å². The zero-order valence-electron chi connectivity index (χ0n) is 18.4. The van der Waals surface area contributed by atoms with Crippen LogP contribution < -0.4 is 9.47 Å². The van der Waals surface area contributed by atoms with Crippen molar-refractivity contribution < 1.29 is 28.7 Å². The molecule has 0 radical (unpaired) electrons. The lowest BCUT2D eigenvalue weighted by atomic mass is 10.0. The normalized spacial score (nSPS) is 10.5. The van der Waals surface area contributed by atoms with E-state index in [0.29, 0.717) is 66.2 Å². The molecule has 0 bridgehead atoms. The zero-order valence-corrected chi connectivity index (χ0v) is 18.4. The lowest BCUT2D eigenvalue weighted by Gasteiger charge is -2.13. The van der Waals surface area contributed by atoms with Gasteiger partial charge in [0, 0.05) is 30.4 Å². The molecule has 2 aromatic rings. The molecular formula is C25H28O6. The summed E-state index contributed by atoms with van der Waals surface area (Å²) in [5.74, 6) is 0.430. The second-order valence-corrected chi connectivity index (χ2v) is 7.14. The van der Waals surface area contributed by atoms with E-state index >= 15 is 0 Å². The fourth-order valence-corrected chi connectivity index (χ4v) is 3.04. The van der Waals surface area contributed by atoms with Crippen LogP contribution >= 0.6 is 0 Å². The van der Waals surface area contributed by atoms with Gasteiger partial charge in [-0.15, -0.1) is 0 Å². The number of ketones is 4. The zero-order chi connectivity index (χ0) is 23.0. The summed E-state index contributed by atoms with van der Waals surface area (Å²) in [7, 11) is 0. The quantitative estimate of drug-likeness (QED) is 0.347. The first-order valence-corrected chi connectivity index (χ1v) is 10.4. The number of carbonyl (C=O) groups is 4. The molecule has 0 spiro atoms. The van der Waals surface area contributed by atoms with Crippen LogP contribution in [0, 0.1) is 0 Å². The first-order chi connectivity index (χ1) is 14.8. The molecule has 0 unspecified atom stereocenters. The molecule has 0 aliphatic rings. The summed E-state index contributed by atoms with van der Waals surface area (Å²) in [6.07, 6.45) is 1.25. The van der Waals surface area contributed by atoms with Gasteiger partial charge in [-0.25, -0.2) is 0 Å². The Morgan fingerprint density at radius 3 is 1.39 bits per heavy atom. The van der Waals surface area contributed by atoms with Gasteiger partial charge in [-0.2, -0.15) is 0 Å². The molecular weight excluding hydrogens is 396 g/mol. The highest BCUT2D eigenvalue weighted by molar-refractivity contribution is 6.03. The van der Waals surface area contributed by atoms with E-state index < -0.39 is 0 Å². The Balaban J connectivity index is 1.98.